The molecular formula is C22H23N3O4. The van der Waals surface area contributed by atoms with Crippen LogP contribution in [0, 0.1) is 13.8 Å². The molecule has 0 aliphatic rings. The molecule has 0 atom stereocenters. The van der Waals surface area contributed by atoms with Crippen molar-refractivity contribution in [3.63, 3.8) is 0 Å². The summed E-state index contributed by atoms with van der Waals surface area (Å²) < 4.78 is 10.4. The van der Waals surface area contributed by atoms with Crippen LogP contribution in [0.1, 0.15) is 45.8 Å². The Morgan fingerprint density at radius 3 is 2.10 bits per heavy atom. The summed E-state index contributed by atoms with van der Waals surface area (Å²) >= 11 is 0. The molecule has 7 nitrogen and oxygen atoms in total. The summed E-state index contributed by atoms with van der Waals surface area (Å²) in [6.45, 7) is 7.70. The lowest BCUT2D eigenvalue weighted by atomic mass is 10.1. The van der Waals surface area contributed by atoms with E-state index in [1.54, 1.807) is 24.3 Å². The number of rotatable bonds is 5. The fraction of sp³-hybridized carbons (Fsp3) is 0.273. The number of aromatic nitrogens is 2. The predicted molar refractivity (Wildman–Crippen MR) is 111 cm³/mol. The first kappa shape index (κ1) is 20.3. The minimum absolute atomic E-state index is 0.103. The third-order valence-corrected chi connectivity index (χ3v) is 4.37. The number of amides is 1. The number of nitrogens with zero attached hydrogens (tertiary/aromatic N) is 2. The van der Waals surface area contributed by atoms with Gasteiger partial charge >= 0.3 is 5.97 Å². The highest BCUT2D eigenvalue weighted by molar-refractivity contribution is 6.05. The zero-order chi connectivity index (χ0) is 21.1. The second-order valence-corrected chi connectivity index (χ2v) is 6.99. The van der Waals surface area contributed by atoms with Gasteiger partial charge in [0.1, 0.15) is 0 Å². The fourth-order valence-corrected chi connectivity index (χ4v) is 2.75. The highest BCUT2D eigenvalue weighted by Gasteiger charge is 2.20. The maximum absolute atomic E-state index is 12.9. The average molecular weight is 393 g/mol. The van der Waals surface area contributed by atoms with E-state index in [-0.39, 0.29) is 17.7 Å². The lowest BCUT2D eigenvalue weighted by Crippen LogP contribution is -2.19. The van der Waals surface area contributed by atoms with Gasteiger partial charge in [-0.3, -0.25) is 4.79 Å². The molecule has 1 heterocycles. The van der Waals surface area contributed by atoms with Gasteiger partial charge in [-0.15, -0.1) is 0 Å². The van der Waals surface area contributed by atoms with Gasteiger partial charge in [0.25, 0.3) is 5.91 Å². The quantitative estimate of drug-likeness (QED) is 0.657. The summed E-state index contributed by atoms with van der Waals surface area (Å²) in [5.41, 5.74) is 4.45. The van der Waals surface area contributed by atoms with E-state index in [0.717, 1.165) is 11.1 Å². The van der Waals surface area contributed by atoms with Gasteiger partial charge in [0.2, 0.25) is 5.88 Å². The molecule has 1 N–H and O–H groups in total. The van der Waals surface area contributed by atoms with Crippen molar-refractivity contribution >= 4 is 28.6 Å². The molecule has 1 amide bonds. The predicted octanol–water partition coefficient (Wildman–Crippen LogP) is 4.07. The minimum Gasteiger partial charge on any atom is -0.473 e. The van der Waals surface area contributed by atoms with Crippen molar-refractivity contribution in [2.24, 2.45) is 0 Å². The third-order valence-electron chi connectivity index (χ3n) is 4.37. The molecule has 0 spiro atoms. The standard InChI is InChI=1S/C22H23N3O4/c1-12(2)29-21-19(24-17-10-13(3)14(4)11-18(17)25-21)20(26)23-16-8-6-15(7-9-16)22(27)28-5/h6-12H,1-5H3,(H,23,26). The van der Waals surface area contributed by atoms with Crippen molar-refractivity contribution < 1.29 is 19.1 Å². The van der Waals surface area contributed by atoms with Gasteiger partial charge < -0.3 is 14.8 Å². The highest BCUT2D eigenvalue weighted by atomic mass is 16.5. The van der Waals surface area contributed by atoms with Crippen molar-refractivity contribution in [2.75, 3.05) is 12.4 Å². The first-order valence-corrected chi connectivity index (χ1v) is 9.24. The molecule has 0 saturated carbocycles. The number of nitrogens with one attached hydrogen (secondary N) is 1. The normalized spacial score (nSPS) is 10.8. The van der Waals surface area contributed by atoms with Gasteiger partial charge in [0.05, 0.1) is 29.8 Å². The molecule has 0 fully saturated rings. The Kier molecular flexibility index (Phi) is 5.77. The molecule has 150 valence electrons. The summed E-state index contributed by atoms with van der Waals surface area (Å²) in [4.78, 5) is 33.5. The van der Waals surface area contributed by atoms with Crippen LogP contribution in [-0.4, -0.2) is 35.1 Å². The Morgan fingerprint density at radius 1 is 0.966 bits per heavy atom. The average Bonchev–Trinajstić information content (AvgIpc) is 2.68. The minimum atomic E-state index is -0.445. The molecule has 7 heteroatoms. The molecule has 1 aromatic heterocycles. The van der Waals surface area contributed by atoms with E-state index in [9.17, 15) is 9.59 Å². The number of methoxy groups -OCH3 is 1. The van der Waals surface area contributed by atoms with Crippen LogP contribution in [0.2, 0.25) is 0 Å². The second-order valence-electron chi connectivity index (χ2n) is 6.99. The van der Waals surface area contributed by atoms with Gasteiger partial charge in [-0.1, -0.05) is 0 Å². The number of aryl methyl sites for hydroxylation is 2. The summed E-state index contributed by atoms with van der Waals surface area (Å²) in [6.07, 6.45) is -0.167. The van der Waals surface area contributed by atoms with Crippen LogP contribution >= 0.6 is 0 Å². The molecule has 3 aromatic rings. The molecule has 0 aliphatic heterocycles. The van der Waals surface area contributed by atoms with Crippen molar-refractivity contribution in [3.05, 3.63) is 58.8 Å². The number of carbonyl (C=O) groups is 2. The van der Waals surface area contributed by atoms with Crippen molar-refractivity contribution in [1.29, 1.82) is 0 Å². The fourth-order valence-electron chi connectivity index (χ4n) is 2.75. The summed E-state index contributed by atoms with van der Waals surface area (Å²) in [7, 11) is 1.32. The largest absolute Gasteiger partial charge is 0.473 e. The lowest BCUT2D eigenvalue weighted by Gasteiger charge is -2.14. The topological polar surface area (TPSA) is 90.4 Å². The number of carbonyl (C=O) groups excluding carboxylic acids is 2. The third kappa shape index (κ3) is 4.51. The number of hydrogen-bond donors (Lipinski definition) is 1. The van der Waals surface area contributed by atoms with Crippen molar-refractivity contribution in [2.45, 2.75) is 33.8 Å². The van der Waals surface area contributed by atoms with Gasteiger partial charge in [0, 0.05) is 5.69 Å². The monoisotopic (exact) mass is 393 g/mol. The van der Waals surface area contributed by atoms with Crippen LogP contribution < -0.4 is 10.1 Å². The van der Waals surface area contributed by atoms with E-state index < -0.39 is 11.9 Å². The molecule has 0 unspecified atom stereocenters. The van der Waals surface area contributed by atoms with E-state index in [0.29, 0.717) is 22.3 Å². The second kappa shape index (κ2) is 8.26. The van der Waals surface area contributed by atoms with Crippen LogP contribution in [0.25, 0.3) is 11.0 Å². The van der Waals surface area contributed by atoms with Crippen LogP contribution in [0.5, 0.6) is 5.88 Å². The van der Waals surface area contributed by atoms with Crippen molar-refractivity contribution in [3.8, 4) is 5.88 Å². The molecule has 0 aliphatic carbocycles. The maximum atomic E-state index is 12.9. The number of fused-ring (bicyclic) bond motifs is 1. The highest BCUT2D eigenvalue weighted by Crippen LogP contribution is 2.24. The molecule has 29 heavy (non-hydrogen) atoms. The molecule has 0 bridgehead atoms. The van der Waals surface area contributed by atoms with Crippen LogP contribution in [-0.2, 0) is 4.74 Å². The Bertz CT molecular complexity index is 1080. The smallest absolute Gasteiger partial charge is 0.337 e. The van der Waals surface area contributed by atoms with Crippen LogP contribution in [0.3, 0.4) is 0 Å². The summed E-state index contributed by atoms with van der Waals surface area (Å²) in [6, 6.07) is 10.2. The molecule has 3 rings (SSSR count). The zero-order valence-electron chi connectivity index (χ0n) is 17.1. The van der Waals surface area contributed by atoms with E-state index in [1.807, 2.05) is 39.8 Å². The SMILES string of the molecule is COC(=O)c1ccc(NC(=O)c2nc3cc(C)c(C)cc3nc2OC(C)C)cc1. The van der Waals surface area contributed by atoms with Gasteiger partial charge in [0.15, 0.2) is 5.69 Å². The van der Waals surface area contributed by atoms with E-state index >= 15 is 0 Å². The zero-order valence-corrected chi connectivity index (χ0v) is 17.1. The van der Waals surface area contributed by atoms with Gasteiger partial charge in [-0.05, 0) is 75.2 Å². The number of esters is 1. The molecular weight excluding hydrogens is 370 g/mol. The Labute approximate surface area is 169 Å². The van der Waals surface area contributed by atoms with Crippen LogP contribution in [0.4, 0.5) is 5.69 Å². The van der Waals surface area contributed by atoms with Gasteiger partial charge in [-0.25, -0.2) is 14.8 Å². The number of ether oxygens (including phenoxy) is 2. The van der Waals surface area contributed by atoms with E-state index in [2.05, 4.69) is 20.0 Å². The summed E-state index contributed by atoms with van der Waals surface area (Å²) in [5.74, 6) is -0.708. The van der Waals surface area contributed by atoms with Gasteiger partial charge in [-0.2, -0.15) is 0 Å². The lowest BCUT2D eigenvalue weighted by molar-refractivity contribution is 0.0600. The van der Waals surface area contributed by atoms with E-state index in [1.165, 1.54) is 7.11 Å². The number of hydrogen-bond acceptors (Lipinski definition) is 6. The Hall–Kier alpha value is -3.48. The Balaban J connectivity index is 1.96. The first-order valence-electron chi connectivity index (χ1n) is 9.24. The van der Waals surface area contributed by atoms with E-state index in [4.69, 9.17) is 4.74 Å². The molecule has 0 saturated heterocycles. The number of benzene rings is 2. The Morgan fingerprint density at radius 2 is 1.55 bits per heavy atom. The molecule has 0 radical (unpaired) electrons. The molecule has 2 aromatic carbocycles. The number of anilines is 1. The summed E-state index contributed by atoms with van der Waals surface area (Å²) in [5, 5.41) is 2.77. The maximum Gasteiger partial charge on any atom is 0.337 e. The van der Waals surface area contributed by atoms with Crippen molar-refractivity contribution in [1.82, 2.24) is 9.97 Å². The van der Waals surface area contributed by atoms with Crippen LogP contribution in [0.15, 0.2) is 36.4 Å². The first-order chi connectivity index (χ1) is 13.8.